The number of aromatic nitrogens is 3. The molecule has 0 bridgehead atoms. The van der Waals surface area contributed by atoms with Gasteiger partial charge in [-0.2, -0.15) is 5.10 Å². The number of H-pyrrole nitrogens is 1. The van der Waals surface area contributed by atoms with Crippen LogP contribution in [0.5, 0.6) is 5.75 Å². The lowest BCUT2D eigenvalue weighted by atomic mass is 10.3. The Morgan fingerprint density at radius 3 is 3.10 bits per heavy atom. The normalized spacial score (nSPS) is 10.4. The first-order chi connectivity index (χ1) is 4.88. The average molecular weight is 135 g/mol. The molecule has 50 valence electrons. The van der Waals surface area contributed by atoms with Gasteiger partial charge < -0.3 is 5.11 Å². The Kier molecular flexibility index (Phi) is 0.887. The molecule has 2 rings (SSSR count). The molecular weight excluding hydrogens is 130 g/mol. The monoisotopic (exact) mass is 135 g/mol. The van der Waals surface area contributed by atoms with Crippen LogP contribution in [0.2, 0.25) is 0 Å². The molecule has 2 aromatic heterocycles. The number of nitrogens with zero attached hydrogens (tertiary/aromatic N) is 2. The topological polar surface area (TPSA) is 61.8 Å². The van der Waals surface area contributed by atoms with Crippen LogP contribution in [0.1, 0.15) is 0 Å². The molecule has 0 aliphatic heterocycles. The zero-order chi connectivity index (χ0) is 6.97. The summed E-state index contributed by atoms with van der Waals surface area (Å²) in [5.74, 6) is 0.159. The molecule has 0 aromatic carbocycles. The van der Waals surface area contributed by atoms with Gasteiger partial charge >= 0.3 is 0 Å². The van der Waals surface area contributed by atoms with Crippen molar-refractivity contribution < 1.29 is 5.11 Å². The van der Waals surface area contributed by atoms with Crippen molar-refractivity contribution in [2.24, 2.45) is 0 Å². The van der Waals surface area contributed by atoms with Gasteiger partial charge in [0.05, 0.1) is 17.8 Å². The van der Waals surface area contributed by atoms with Gasteiger partial charge in [-0.15, -0.1) is 0 Å². The van der Waals surface area contributed by atoms with E-state index in [-0.39, 0.29) is 5.75 Å². The summed E-state index contributed by atoms with van der Waals surface area (Å²) < 4.78 is 0. The zero-order valence-electron chi connectivity index (χ0n) is 5.07. The maximum atomic E-state index is 9.14. The van der Waals surface area contributed by atoms with Gasteiger partial charge in [-0.3, -0.25) is 10.1 Å². The van der Waals surface area contributed by atoms with Crippen molar-refractivity contribution in [1.29, 1.82) is 0 Å². The standard InChI is InChI=1S/C6H5N3O/c10-6-3-7-2-5-4(6)1-8-9-5/h1-3,10H,(H,8,9). The van der Waals surface area contributed by atoms with E-state index in [9.17, 15) is 0 Å². The summed E-state index contributed by atoms with van der Waals surface area (Å²) in [6.45, 7) is 0. The van der Waals surface area contributed by atoms with Gasteiger partial charge in [-0.25, -0.2) is 0 Å². The summed E-state index contributed by atoms with van der Waals surface area (Å²) in [7, 11) is 0. The van der Waals surface area contributed by atoms with E-state index < -0.39 is 0 Å². The summed E-state index contributed by atoms with van der Waals surface area (Å²) in [5.41, 5.74) is 0.681. The van der Waals surface area contributed by atoms with Crippen LogP contribution in [0.3, 0.4) is 0 Å². The quantitative estimate of drug-likeness (QED) is 0.557. The summed E-state index contributed by atoms with van der Waals surface area (Å²) in [4.78, 5) is 3.75. The highest BCUT2D eigenvalue weighted by atomic mass is 16.3. The number of hydrogen-bond acceptors (Lipinski definition) is 3. The van der Waals surface area contributed by atoms with Crippen LogP contribution in [0.15, 0.2) is 18.6 Å². The zero-order valence-corrected chi connectivity index (χ0v) is 5.07. The number of nitrogens with one attached hydrogen (secondary N) is 1. The van der Waals surface area contributed by atoms with E-state index >= 15 is 0 Å². The molecule has 0 amide bonds. The maximum Gasteiger partial charge on any atom is 0.144 e. The molecule has 2 aromatic rings. The van der Waals surface area contributed by atoms with Gasteiger partial charge in [-0.1, -0.05) is 0 Å². The lowest BCUT2D eigenvalue weighted by Crippen LogP contribution is -1.72. The first kappa shape index (κ1) is 5.22. The van der Waals surface area contributed by atoms with E-state index in [1.165, 1.54) is 6.20 Å². The smallest absolute Gasteiger partial charge is 0.144 e. The Morgan fingerprint density at radius 2 is 2.30 bits per heavy atom. The van der Waals surface area contributed by atoms with Crippen LogP contribution in [0.4, 0.5) is 0 Å². The number of fused-ring (bicyclic) bond motifs is 1. The van der Waals surface area contributed by atoms with E-state index in [1.54, 1.807) is 12.4 Å². The molecule has 0 aliphatic carbocycles. The summed E-state index contributed by atoms with van der Waals surface area (Å²) >= 11 is 0. The van der Waals surface area contributed by atoms with Crippen molar-refractivity contribution in [1.82, 2.24) is 15.2 Å². The largest absolute Gasteiger partial charge is 0.506 e. The van der Waals surface area contributed by atoms with E-state index in [0.717, 1.165) is 0 Å². The number of hydrogen-bond donors (Lipinski definition) is 2. The van der Waals surface area contributed by atoms with Crippen LogP contribution in [-0.2, 0) is 0 Å². The Hall–Kier alpha value is -1.58. The Bertz CT molecular complexity index is 355. The molecule has 2 N–H and O–H groups in total. The molecule has 0 saturated heterocycles. The minimum atomic E-state index is 0.159. The second kappa shape index (κ2) is 1.70. The third kappa shape index (κ3) is 0.556. The molecule has 4 nitrogen and oxygen atoms in total. The van der Waals surface area contributed by atoms with Gasteiger partial charge in [-0.05, 0) is 0 Å². The molecule has 10 heavy (non-hydrogen) atoms. The number of rotatable bonds is 0. The number of pyridine rings is 1. The predicted molar refractivity (Wildman–Crippen MR) is 35.6 cm³/mol. The van der Waals surface area contributed by atoms with E-state index in [1.807, 2.05) is 0 Å². The van der Waals surface area contributed by atoms with Crippen molar-refractivity contribution in [3.63, 3.8) is 0 Å². The van der Waals surface area contributed by atoms with E-state index in [4.69, 9.17) is 5.11 Å². The molecule has 0 spiro atoms. The van der Waals surface area contributed by atoms with Crippen molar-refractivity contribution in [2.45, 2.75) is 0 Å². The molecular formula is C6H5N3O. The molecule has 0 saturated carbocycles. The van der Waals surface area contributed by atoms with Crippen LogP contribution in [-0.4, -0.2) is 20.3 Å². The molecule has 0 radical (unpaired) electrons. The lowest BCUT2D eigenvalue weighted by Gasteiger charge is -1.88. The molecule has 0 aliphatic rings. The van der Waals surface area contributed by atoms with Gasteiger partial charge in [0, 0.05) is 6.20 Å². The fourth-order valence-electron chi connectivity index (χ4n) is 0.852. The fourth-order valence-corrected chi connectivity index (χ4v) is 0.852. The van der Waals surface area contributed by atoms with Crippen molar-refractivity contribution in [2.75, 3.05) is 0 Å². The van der Waals surface area contributed by atoms with E-state index in [0.29, 0.717) is 10.9 Å². The number of aromatic hydroxyl groups is 1. The Labute approximate surface area is 56.5 Å². The third-order valence-corrected chi connectivity index (χ3v) is 1.34. The molecule has 0 atom stereocenters. The van der Waals surface area contributed by atoms with Crippen LogP contribution < -0.4 is 0 Å². The SMILES string of the molecule is Oc1cncc2n[nH]cc12. The highest BCUT2D eigenvalue weighted by Gasteiger charge is 1.99. The van der Waals surface area contributed by atoms with Gasteiger partial charge in [0.1, 0.15) is 11.3 Å². The number of aromatic amines is 1. The molecule has 2 heterocycles. The first-order valence-corrected chi connectivity index (χ1v) is 2.84. The molecule has 0 fully saturated rings. The van der Waals surface area contributed by atoms with Crippen molar-refractivity contribution in [3.8, 4) is 5.75 Å². The minimum Gasteiger partial charge on any atom is -0.506 e. The van der Waals surface area contributed by atoms with E-state index in [2.05, 4.69) is 15.2 Å². The highest BCUT2D eigenvalue weighted by Crippen LogP contribution is 2.19. The molecule has 4 heteroatoms. The average Bonchev–Trinajstić information content (AvgIpc) is 2.36. The highest BCUT2D eigenvalue weighted by molar-refractivity contribution is 5.82. The minimum absolute atomic E-state index is 0.159. The summed E-state index contributed by atoms with van der Waals surface area (Å²) in [6, 6.07) is 0. The van der Waals surface area contributed by atoms with Crippen molar-refractivity contribution >= 4 is 10.9 Å². The molecule has 0 unspecified atom stereocenters. The Balaban J connectivity index is 2.95. The van der Waals surface area contributed by atoms with Crippen LogP contribution in [0.25, 0.3) is 10.9 Å². The first-order valence-electron chi connectivity index (χ1n) is 2.84. The van der Waals surface area contributed by atoms with Crippen molar-refractivity contribution in [3.05, 3.63) is 18.6 Å². The maximum absolute atomic E-state index is 9.14. The second-order valence-corrected chi connectivity index (χ2v) is 1.98. The second-order valence-electron chi connectivity index (χ2n) is 1.98. The summed E-state index contributed by atoms with van der Waals surface area (Å²) in [5, 5.41) is 16.3. The fraction of sp³-hybridized carbons (Fsp3) is 0. The van der Waals surface area contributed by atoms with Gasteiger partial charge in [0.25, 0.3) is 0 Å². The lowest BCUT2D eigenvalue weighted by molar-refractivity contribution is 0.479. The van der Waals surface area contributed by atoms with Gasteiger partial charge in [0.15, 0.2) is 0 Å². The predicted octanol–water partition coefficient (Wildman–Crippen LogP) is 0.663. The Morgan fingerprint density at radius 1 is 1.40 bits per heavy atom. The van der Waals surface area contributed by atoms with Crippen LogP contribution in [0, 0.1) is 0 Å². The third-order valence-electron chi connectivity index (χ3n) is 1.34. The van der Waals surface area contributed by atoms with Gasteiger partial charge in [0.2, 0.25) is 0 Å². The van der Waals surface area contributed by atoms with Crippen LogP contribution >= 0.6 is 0 Å². The summed E-state index contributed by atoms with van der Waals surface area (Å²) in [6.07, 6.45) is 4.61.